The van der Waals surface area contributed by atoms with E-state index >= 15 is 0 Å². The summed E-state index contributed by atoms with van der Waals surface area (Å²) >= 11 is 0. The fourth-order valence-electron chi connectivity index (χ4n) is 11.9. The van der Waals surface area contributed by atoms with Gasteiger partial charge in [0, 0.05) is 17.1 Å². The van der Waals surface area contributed by atoms with E-state index < -0.39 is 13.5 Å². The molecule has 2 aliphatic rings. The molecule has 0 fully saturated rings. The zero-order chi connectivity index (χ0) is 45.8. The van der Waals surface area contributed by atoms with Crippen molar-refractivity contribution >= 4 is 45.9 Å². The number of nitrogens with zero attached hydrogens (tertiary/aromatic N) is 1. The van der Waals surface area contributed by atoms with E-state index in [1.54, 1.807) is 0 Å². The largest absolute Gasteiger partial charge is 0.310 e. The molecule has 0 radical (unpaired) electrons. The number of hydrogen-bond acceptors (Lipinski definition) is 1. The predicted octanol–water partition coefficient (Wildman–Crippen LogP) is 14.2. The van der Waals surface area contributed by atoms with Crippen LogP contribution in [0.1, 0.15) is 22.3 Å². The highest BCUT2D eigenvalue weighted by atomic mass is 28.3. The molecule has 0 atom stereocenters. The lowest BCUT2D eigenvalue weighted by Gasteiger charge is -2.35. The van der Waals surface area contributed by atoms with E-state index in [0.717, 1.165) is 17.1 Å². The van der Waals surface area contributed by atoms with E-state index in [-0.39, 0.29) is 0 Å². The van der Waals surface area contributed by atoms with Crippen molar-refractivity contribution in [2.75, 3.05) is 4.90 Å². The molecule has 0 unspecified atom stereocenters. The first-order valence-electron chi connectivity index (χ1n) is 24.0. The van der Waals surface area contributed by atoms with Gasteiger partial charge in [-0.2, -0.15) is 0 Å². The highest BCUT2D eigenvalue weighted by molar-refractivity contribution is 7.22. The summed E-state index contributed by atoms with van der Waals surface area (Å²) < 4.78 is 0. The average molecular weight is 894 g/mol. The predicted molar refractivity (Wildman–Crippen MR) is 292 cm³/mol. The first kappa shape index (κ1) is 40.7. The van der Waals surface area contributed by atoms with Crippen LogP contribution in [0.3, 0.4) is 0 Å². The maximum atomic E-state index is 2.54. The monoisotopic (exact) mass is 893 g/mol. The molecule has 1 nitrogen and oxygen atoms in total. The van der Waals surface area contributed by atoms with Gasteiger partial charge in [0.1, 0.15) is 0 Å². The zero-order valence-electron chi connectivity index (χ0n) is 38.1. The summed E-state index contributed by atoms with van der Waals surface area (Å²) in [6, 6.07) is 107. The molecular formula is C67H47NSi. The number of anilines is 3. The van der Waals surface area contributed by atoms with Crippen LogP contribution in [0, 0.1) is 0 Å². The third-order valence-corrected chi connectivity index (χ3v) is 19.7. The Balaban J connectivity index is 1.12. The number of rotatable bonds is 9. The van der Waals surface area contributed by atoms with Crippen molar-refractivity contribution in [2.24, 2.45) is 0 Å². The van der Waals surface area contributed by atoms with Crippen molar-refractivity contribution in [3.05, 3.63) is 307 Å². The van der Waals surface area contributed by atoms with E-state index in [4.69, 9.17) is 0 Å². The normalized spacial score (nSPS) is 13.4. The van der Waals surface area contributed by atoms with Gasteiger partial charge in [0.25, 0.3) is 0 Å². The van der Waals surface area contributed by atoms with E-state index in [1.165, 1.54) is 87.5 Å². The van der Waals surface area contributed by atoms with Gasteiger partial charge in [0.15, 0.2) is 8.07 Å². The van der Waals surface area contributed by atoms with Crippen molar-refractivity contribution in [3.63, 3.8) is 0 Å². The van der Waals surface area contributed by atoms with Gasteiger partial charge in [0.2, 0.25) is 0 Å². The van der Waals surface area contributed by atoms with Crippen LogP contribution in [0.2, 0.25) is 0 Å². The Kier molecular flexibility index (Phi) is 9.81. The van der Waals surface area contributed by atoms with E-state index in [9.17, 15) is 0 Å². The van der Waals surface area contributed by atoms with Gasteiger partial charge in [-0.25, -0.2) is 0 Å². The van der Waals surface area contributed by atoms with Crippen LogP contribution in [-0.2, 0) is 5.41 Å². The number of benzene rings is 11. The van der Waals surface area contributed by atoms with Crippen molar-refractivity contribution in [3.8, 4) is 44.5 Å². The highest BCUT2D eigenvalue weighted by Crippen LogP contribution is 2.57. The van der Waals surface area contributed by atoms with Crippen molar-refractivity contribution in [1.82, 2.24) is 0 Å². The first-order chi connectivity index (χ1) is 34.2. The van der Waals surface area contributed by atoms with Gasteiger partial charge in [-0.3, -0.25) is 0 Å². The topological polar surface area (TPSA) is 3.24 Å². The Morgan fingerprint density at radius 3 is 1.30 bits per heavy atom. The fraction of sp³-hybridized carbons (Fsp3) is 0.0149. The lowest BCUT2D eigenvalue weighted by Crippen LogP contribution is -2.72. The third-order valence-electron chi connectivity index (χ3n) is 14.8. The molecule has 2 heteroatoms. The Morgan fingerprint density at radius 1 is 0.261 bits per heavy atom. The van der Waals surface area contributed by atoms with Crippen LogP contribution in [0.15, 0.2) is 285 Å². The quantitative estimate of drug-likeness (QED) is 0.131. The smallest absolute Gasteiger partial charge is 0.180 e. The minimum absolute atomic E-state index is 0.550. The van der Waals surface area contributed by atoms with E-state index in [0.29, 0.717) is 0 Å². The van der Waals surface area contributed by atoms with Crippen molar-refractivity contribution < 1.29 is 0 Å². The van der Waals surface area contributed by atoms with Crippen LogP contribution < -0.4 is 25.6 Å². The molecule has 11 aromatic carbocycles. The molecule has 324 valence electrons. The van der Waals surface area contributed by atoms with E-state index in [2.05, 4.69) is 290 Å². The van der Waals surface area contributed by atoms with Gasteiger partial charge in [-0.15, -0.1) is 0 Å². The Labute approximate surface area is 405 Å². The molecule has 0 aromatic heterocycles. The summed E-state index contributed by atoms with van der Waals surface area (Å²) in [5.74, 6) is 0. The van der Waals surface area contributed by atoms with Gasteiger partial charge in [-0.1, -0.05) is 249 Å². The number of fused-ring (bicyclic) bond motifs is 6. The third kappa shape index (κ3) is 6.37. The maximum absolute atomic E-state index is 2.92. The molecule has 0 saturated heterocycles. The average Bonchev–Trinajstić information content (AvgIpc) is 3.91. The number of hydrogen-bond donors (Lipinski definition) is 0. The molecule has 0 bridgehead atoms. The van der Waals surface area contributed by atoms with Crippen LogP contribution in [-0.4, -0.2) is 8.07 Å². The zero-order valence-corrected chi connectivity index (χ0v) is 39.1. The summed E-state index contributed by atoms with van der Waals surface area (Å²) in [5, 5.41) is 5.59. The minimum Gasteiger partial charge on any atom is -0.310 e. The molecule has 13 rings (SSSR count). The molecule has 1 aliphatic carbocycles. The van der Waals surface area contributed by atoms with Crippen LogP contribution in [0.5, 0.6) is 0 Å². The molecule has 0 spiro atoms. The van der Waals surface area contributed by atoms with Crippen molar-refractivity contribution in [1.29, 1.82) is 0 Å². The van der Waals surface area contributed by atoms with Gasteiger partial charge >= 0.3 is 0 Å². The van der Waals surface area contributed by atoms with Gasteiger partial charge in [0.05, 0.1) is 5.41 Å². The summed E-state index contributed by atoms with van der Waals surface area (Å²) in [6.45, 7) is 0. The molecule has 69 heavy (non-hydrogen) atoms. The first-order valence-corrected chi connectivity index (χ1v) is 26.0. The van der Waals surface area contributed by atoms with Crippen LogP contribution in [0.4, 0.5) is 17.1 Å². The Hall–Kier alpha value is -8.56. The maximum Gasteiger partial charge on any atom is 0.180 e. The molecule has 0 N–H and O–H groups in total. The Bertz CT molecular complexity index is 3560. The second kappa shape index (κ2) is 16.6. The molecule has 0 saturated carbocycles. The van der Waals surface area contributed by atoms with Gasteiger partial charge in [-0.05, 0) is 124 Å². The van der Waals surface area contributed by atoms with E-state index in [1.807, 2.05) is 0 Å². The van der Waals surface area contributed by atoms with Crippen molar-refractivity contribution in [2.45, 2.75) is 5.41 Å². The second-order valence-corrected chi connectivity index (χ2v) is 22.1. The lowest BCUT2D eigenvalue weighted by molar-refractivity contribution is 0.768. The lowest BCUT2D eigenvalue weighted by atomic mass is 9.67. The molecule has 0 amide bonds. The summed E-state index contributed by atoms with van der Waals surface area (Å²) in [6.07, 6.45) is 0. The van der Waals surface area contributed by atoms with Crippen LogP contribution >= 0.6 is 0 Å². The van der Waals surface area contributed by atoms with Gasteiger partial charge < -0.3 is 4.90 Å². The SMILES string of the molecule is c1ccc(-c2ccc(N(c3cc(-c4ccccc4)cc([Si]4(c5ccccc5)c5ccccc5-c5ccccc54)c3)c3ccc4c(c3)C(c3ccccc3)(c3ccccc3)c3ccccc3-4)cc2)cc1. The summed E-state index contributed by atoms with van der Waals surface area (Å²) in [5.41, 5.74) is 17.8. The second-order valence-electron chi connectivity index (χ2n) is 18.3. The Morgan fingerprint density at radius 2 is 0.710 bits per heavy atom. The summed E-state index contributed by atoms with van der Waals surface area (Å²) in [4.78, 5) is 2.52. The minimum atomic E-state index is -2.92. The molecule has 11 aromatic rings. The fourth-order valence-corrected chi connectivity index (χ4v) is 17.2. The molecular weight excluding hydrogens is 847 g/mol. The highest BCUT2D eigenvalue weighted by Gasteiger charge is 2.49. The summed E-state index contributed by atoms with van der Waals surface area (Å²) in [7, 11) is -2.92. The van der Waals surface area contributed by atoms with Crippen LogP contribution in [0.25, 0.3) is 44.5 Å². The standard InChI is InChI=1S/C67H47NSi/c1-6-22-48(23-7-1)50-38-40-54(41-39-50)68(55-42-43-60-59-32-16-19-35-63(59)67(64(60)47-55,52-26-10-3-11-27-52)53-28-12-4-13-29-53)56-44-51(49-24-8-2-9-25-49)45-58(46-56)69(57-30-14-5-15-31-57)65-36-20-17-33-61(65)62-34-18-21-37-66(62)69/h1-47H. The molecule has 1 aliphatic heterocycles. The molecule has 1 heterocycles.